The van der Waals surface area contributed by atoms with E-state index in [-0.39, 0.29) is 12.0 Å². The second-order valence-electron chi connectivity index (χ2n) is 8.50. The van der Waals surface area contributed by atoms with Crippen LogP contribution in [0, 0.1) is 13.8 Å². The summed E-state index contributed by atoms with van der Waals surface area (Å²) >= 11 is 6.21. The van der Waals surface area contributed by atoms with Crippen molar-refractivity contribution in [1.82, 2.24) is 5.32 Å². The third kappa shape index (κ3) is 5.75. The number of halogens is 1. The molecule has 2 aromatic rings. The Hall–Kier alpha value is -2.25. The van der Waals surface area contributed by atoms with E-state index in [9.17, 15) is 13.2 Å². The number of sulfonamides is 1. The number of anilines is 1. The fraction of sp³-hybridized carbons (Fsp3) is 0.458. The molecule has 32 heavy (non-hydrogen) atoms. The molecule has 1 N–H and O–H groups in total. The zero-order valence-electron chi connectivity index (χ0n) is 20.0. The molecule has 2 rings (SSSR count). The number of carbonyl (C=O) groups excluding carboxylic acids is 1. The van der Waals surface area contributed by atoms with Crippen LogP contribution >= 0.6 is 11.6 Å². The van der Waals surface area contributed by atoms with Gasteiger partial charge in [-0.2, -0.15) is 0 Å². The first-order valence-corrected chi connectivity index (χ1v) is 12.7. The van der Waals surface area contributed by atoms with Gasteiger partial charge < -0.3 is 10.1 Å². The molecule has 0 bridgehead atoms. The second kappa shape index (κ2) is 10.1. The molecule has 6 nitrogen and oxygen atoms in total. The number of benzene rings is 2. The van der Waals surface area contributed by atoms with Crippen molar-refractivity contribution >= 4 is 33.2 Å². The number of ether oxygens (including phenoxy) is 1. The van der Waals surface area contributed by atoms with Crippen molar-refractivity contribution in [2.24, 2.45) is 0 Å². The van der Waals surface area contributed by atoms with Gasteiger partial charge in [0, 0.05) is 5.02 Å². The maximum atomic E-state index is 13.1. The first-order chi connectivity index (χ1) is 14.8. The normalized spacial score (nSPS) is 13.6. The molecule has 0 saturated carbocycles. The van der Waals surface area contributed by atoms with Crippen molar-refractivity contribution in [1.29, 1.82) is 0 Å². The van der Waals surface area contributed by atoms with E-state index in [2.05, 4.69) is 19.2 Å². The largest absolute Gasteiger partial charge is 0.496 e. The average Bonchev–Trinajstić information content (AvgIpc) is 2.68. The van der Waals surface area contributed by atoms with Crippen LogP contribution < -0.4 is 14.4 Å². The van der Waals surface area contributed by atoms with Crippen LogP contribution in [-0.2, 0) is 14.8 Å². The molecule has 2 aromatic carbocycles. The topological polar surface area (TPSA) is 75.7 Å². The number of hydrogen-bond acceptors (Lipinski definition) is 4. The standard InChI is InChI=1S/C24H33ClN2O4S/c1-14(2)20-13-21(16(4)11-23(20)31-7)17(5)26-24(28)18(6)27(32(8,29)30)19-10-9-15(3)22(25)12-19/h9-14,17-18H,1-8H3,(H,26,28). The molecule has 0 heterocycles. The molecule has 0 aliphatic rings. The number of nitrogens with zero attached hydrogens (tertiary/aromatic N) is 1. The van der Waals surface area contributed by atoms with Crippen molar-refractivity contribution in [3.8, 4) is 5.75 Å². The molecule has 2 atom stereocenters. The number of nitrogens with one attached hydrogen (secondary N) is 1. The number of hydrogen-bond donors (Lipinski definition) is 1. The van der Waals surface area contributed by atoms with Gasteiger partial charge in [0.1, 0.15) is 11.8 Å². The molecule has 2 unspecified atom stereocenters. The number of carbonyl (C=O) groups is 1. The Morgan fingerprint density at radius 3 is 2.16 bits per heavy atom. The maximum absolute atomic E-state index is 13.1. The van der Waals surface area contributed by atoms with E-state index >= 15 is 0 Å². The predicted octanol–water partition coefficient (Wildman–Crippen LogP) is 5.12. The Morgan fingerprint density at radius 2 is 1.66 bits per heavy atom. The van der Waals surface area contributed by atoms with Crippen molar-refractivity contribution < 1.29 is 17.9 Å². The van der Waals surface area contributed by atoms with E-state index in [1.165, 1.54) is 0 Å². The minimum Gasteiger partial charge on any atom is -0.496 e. The molecular formula is C24H33ClN2O4S. The minimum absolute atomic E-state index is 0.248. The van der Waals surface area contributed by atoms with Crippen LogP contribution in [0.3, 0.4) is 0 Å². The molecule has 0 radical (unpaired) electrons. The fourth-order valence-corrected chi connectivity index (χ4v) is 5.09. The van der Waals surface area contributed by atoms with Crippen LogP contribution in [0.4, 0.5) is 5.69 Å². The highest BCUT2D eigenvalue weighted by molar-refractivity contribution is 7.92. The Labute approximate surface area is 197 Å². The number of rotatable bonds is 8. The molecule has 0 spiro atoms. The SMILES string of the molecule is COc1cc(C)c(C(C)NC(=O)C(C)N(c2ccc(C)c(Cl)c2)S(C)(=O)=O)cc1C(C)C. The lowest BCUT2D eigenvalue weighted by molar-refractivity contribution is -0.122. The van der Waals surface area contributed by atoms with Gasteiger partial charge in [-0.1, -0.05) is 31.5 Å². The van der Waals surface area contributed by atoms with Gasteiger partial charge in [-0.05, 0) is 80.1 Å². The van der Waals surface area contributed by atoms with Crippen LogP contribution in [-0.4, -0.2) is 33.7 Å². The third-order valence-corrected chi connectivity index (χ3v) is 7.21. The monoisotopic (exact) mass is 480 g/mol. The molecule has 176 valence electrons. The van der Waals surface area contributed by atoms with Gasteiger partial charge in [0.2, 0.25) is 15.9 Å². The van der Waals surface area contributed by atoms with Gasteiger partial charge >= 0.3 is 0 Å². The molecule has 0 aliphatic heterocycles. The number of amides is 1. The van der Waals surface area contributed by atoms with Gasteiger partial charge in [0.25, 0.3) is 0 Å². The summed E-state index contributed by atoms with van der Waals surface area (Å²) in [4.78, 5) is 13.1. The summed E-state index contributed by atoms with van der Waals surface area (Å²) in [5.41, 5.74) is 4.16. The molecule has 0 fully saturated rings. The first-order valence-electron chi connectivity index (χ1n) is 10.5. The van der Waals surface area contributed by atoms with Gasteiger partial charge in [0.15, 0.2) is 0 Å². The Morgan fingerprint density at radius 1 is 1.03 bits per heavy atom. The average molecular weight is 481 g/mol. The molecule has 1 amide bonds. The maximum Gasteiger partial charge on any atom is 0.244 e. The van der Waals surface area contributed by atoms with Crippen LogP contribution in [0.1, 0.15) is 61.9 Å². The van der Waals surface area contributed by atoms with E-state index in [1.54, 1.807) is 32.2 Å². The van der Waals surface area contributed by atoms with Crippen LogP contribution in [0.25, 0.3) is 0 Å². The molecule has 8 heteroatoms. The first kappa shape index (κ1) is 26.0. The lowest BCUT2D eigenvalue weighted by atomic mass is 9.93. The van der Waals surface area contributed by atoms with Gasteiger partial charge in [-0.3, -0.25) is 9.10 Å². The van der Waals surface area contributed by atoms with E-state index < -0.39 is 22.0 Å². The molecule has 0 saturated heterocycles. The zero-order valence-corrected chi connectivity index (χ0v) is 21.6. The van der Waals surface area contributed by atoms with Gasteiger partial charge in [-0.15, -0.1) is 0 Å². The Balaban J connectivity index is 2.35. The van der Waals surface area contributed by atoms with E-state index in [0.717, 1.165) is 38.6 Å². The third-order valence-electron chi connectivity index (χ3n) is 5.56. The number of methoxy groups -OCH3 is 1. The lowest BCUT2D eigenvalue weighted by Gasteiger charge is -2.30. The fourth-order valence-electron chi connectivity index (χ4n) is 3.75. The zero-order chi connectivity index (χ0) is 24.4. The van der Waals surface area contributed by atoms with Crippen LogP contribution in [0.15, 0.2) is 30.3 Å². The number of aryl methyl sites for hydroxylation is 2. The smallest absolute Gasteiger partial charge is 0.244 e. The summed E-state index contributed by atoms with van der Waals surface area (Å²) in [6, 6.07) is 7.67. The Bertz CT molecular complexity index is 1100. The Kier molecular flexibility index (Phi) is 8.23. The predicted molar refractivity (Wildman–Crippen MR) is 131 cm³/mol. The van der Waals surface area contributed by atoms with Crippen molar-refractivity contribution in [2.45, 2.75) is 59.5 Å². The van der Waals surface area contributed by atoms with Gasteiger partial charge in [-0.25, -0.2) is 8.42 Å². The summed E-state index contributed by atoms with van der Waals surface area (Å²) in [7, 11) is -2.09. The minimum atomic E-state index is -3.73. The summed E-state index contributed by atoms with van der Waals surface area (Å²) in [6.07, 6.45) is 1.08. The van der Waals surface area contributed by atoms with E-state index in [1.807, 2.05) is 32.9 Å². The molecule has 0 aromatic heterocycles. The highest BCUT2D eigenvalue weighted by atomic mass is 35.5. The van der Waals surface area contributed by atoms with E-state index in [0.29, 0.717) is 10.7 Å². The highest BCUT2D eigenvalue weighted by Gasteiger charge is 2.30. The molecule has 0 aliphatic carbocycles. The van der Waals surface area contributed by atoms with Crippen molar-refractivity contribution in [2.75, 3.05) is 17.7 Å². The summed E-state index contributed by atoms with van der Waals surface area (Å²) in [6.45, 7) is 11.4. The molecular weight excluding hydrogens is 448 g/mol. The quantitative estimate of drug-likeness (QED) is 0.568. The van der Waals surface area contributed by atoms with Crippen LogP contribution in [0.5, 0.6) is 5.75 Å². The van der Waals surface area contributed by atoms with Crippen molar-refractivity contribution in [3.63, 3.8) is 0 Å². The second-order valence-corrected chi connectivity index (χ2v) is 10.8. The van der Waals surface area contributed by atoms with Gasteiger partial charge in [0.05, 0.1) is 25.1 Å². The lowest BCUT2D eigenvalue weighted by Crippen LogP contribution is -2.48. The summed E-state index contributed by atoms with van der Waals surface area (Å²) in [5.74, 6) is 0.659. The highest BCUT2D eigenvalue weighted by Crippen LogP contribution is 2.32. The van der Waals surface area contributed by atoms with Crippen LogP contribution in [0.2, 0.25) is 5.02 Å². The summed E-state index contributed by atoms with van der Waals surface area (Å²) < 4.78 is 31.7. The van der Waals surface area contributed by atoms with E-state index in [4.69, 9.17) is 16.3 Å². The summed E-state index contributed by atoms with van der Waals surface area (Å²) in [5, 5.41) is 3.41. The van der Waals surface area contributed by atoms with Crippen molar-refractivity contribution in [3.05, 3.63) is 57.6 Å².